The Kier molecular flexibility index (Phi) is 4.31. The molecule has 0 saturated carbocycles. The summed E-state index contributed by atoms with van der Waals surface area (Å²) in [6.45, 7) is 2.16. The van der Waals surface area contributed by atoms with E-state index in [4.69, 9.17) is 4.74 Å². The van der Waals surface area contributed by atoms with Crippen LogP contribution in [0.5, 0.6) is 0 Å². The molecule has 2 aromatic rings. The summed E-state index contributed by atoms with van der Waals surface area (Å²) in [7, 11) is 0. The van der Waals surface area contributed by atoms with Gasteiger partial charge in [-0.1, -0.05) is 60.7 Å². The van der Waals surface area contributed by atoms with Gasteiger partial charge in [-0.3, -0.25) is 9.69 Å². The van der Waals surface area contributed by atoms with Crippen molar-refractivity contribution in [3.05, 3.63) is 71.8 Å². The maximum absolute atomic E-state index is 11.4. The molecule has 1 atom stereocenters. The molecule has 21 heavy (non-hydrogen) atoms. The van der Waals surface area contributed by atoms with E-state index in [0.717, 1.165) is 13.1 Å². The SMILES string of the molecule is O=C1C[C@H](N(Cc2ccccc2)Cc2ccccc2)CO1. The van der Waals surface area contributed by atoms with Gasteiger partial charge in [0, 0.05) is 13.1 Å². The highest BCUT2D eigenvalue weighted by atomic mass is 16.5. The fourth-order valence-corrected chi connectivity index (χ4v) is 2.68. The molecule has 3 rings (SSSR count). The van der Waals surface area contributed by atoms with Gasteiger partial charge in [0.2, 0.25) is 0 Å². The number of hydrogen-bond acceptors (Lipinski definition) is 3. The van der Waals surface area contributed by atoms with Crippen LogP contribution in [0, 0.1) is 0 Å². The van der Waals surface area contributed by atoms with Gasteiger partial charge in [-0.25, -0.2) is 0 Å². The minimum atomic E-state index is -0.0916. The number of carbonyl (C=O) groups excluding carboxylic acids is 1. The number of carbonyl (C=O) groups is 1. The first-order valence-electron chi connectivity index (χ1n) is 7.29. The summed E-state index contributed by atoms with van der Waals surface area (Å²) in [5.74, 6) is -0.0916. The van der Waals surface area contributed by atoms with E-state index in [-0.39, 0.29) is 12.0 Å². The summed E-state index contributed by atoms with van der Waals surface area (Å²) in [4.78, 5) is 13.7. The van der Waals surface area contributed by atoms with Crippen molar-refractivity contribution in [2.75, 3.05) is 6.61 Å². The third kappa shape index (κ3) is 3.70. The molecule has 0 N–H and O–H groups in total. The molecule has 0 amide bonds. The number of ether oxygens (including phenoxy) is 1. The summed E-state index contributed by atoms with van der Waals surface area (Å²) in [5, 5.41) is 0. The van der Waals surface area contributed by atoms with Crippen molar-refractivity contribution in [1.82, 2.24) is 4.90 Å². The Morgan fingerprint density at radius 2 is 1.43 bits per heavy atom. The number of cyclic esters (lactones) is 1. The number of esters is 1. The maximum Gasteiger partial charge on any atom is 0.307 e. The minimum Gasteiger partial charge on any atom is -0.464 e. The molecule has 1 fully saturated rings. The number of nitrogens with zero attached hydrogens (tertiary/aromatic N) is 1. The second kappa shape index (κ2) is 6.55. The summed E-state index contributed by atoms with van der Waals surface area (Å²) < 4.78 is 5.14. The van der Waals surface area contributed by atoms with Crippen molar-refractivity contribution in [2.24, 2.45) is 0 Å². The monoisotopic (exact) mass is 281 g/mol. The van der Waals surface area contributed by atoms with Gasteiger partial charge in [-0.05, 0) is 11.1 Å². The third-order valence-electron chi connectivity index (χ3n) is 3.81. The third-order valence-corrected chi connectivity index (χ3v) is 3.81. The Hall–Kier alpha value is -2.13. The zero-order valence-electron chi connectivity index (χ0n) is 11.9. The van der Waals surface area contributed by atoms with Crippen molar-refractivity contribution in [2.45, 2.75) is 25.6 Å². The van der Waals surface area contributed by atoms with E-state index in [1.807, 2.05) is 36.4 Å². The normalized spacial score (nSPS) is 18.0. The topological polar surface area (TPSA) is 29.5 Å². The van der Waals surface area contributed by atoms with E-state index in [2.05, 4.69) is 29.2 Å². The Morgan fingerprint density at radius 1 is 0.905 bits per heavy atom. The van der Waals surface area contributed by atoms with E-state index in [1.165, 1.54) is 11.1 Å². The molecule has 0 bridgehead atoms. The zero-order chi connectivity index (χ0) is 14.5. The van der Waals surface area contributed by atoms with Gasteiger partial charge in [-0.15, -0.1) is 0 Å². The van der Waals surface area contributed by atoms with Gasteiger partial charge in [-0.2, -0.15) is 0 Å². The van der Waals surface area contributed by atoms with Gasteiger partial charge in [0.15, 0.2) is 0 Å². The second-order valence-corrected chi connectivity index (χ2v) is 5.42. The molecule has 0 aliphatic carbocycles. The standard InChI is InChI=1S/C18H19NO2/c20-18-11-17(14-21-18)19(12-15-7-3-1-4-8-15)13-16-9-5-2-6-10-16/h1-10,17H,11-14H2/t17-/m0/s1. The van der Waals surface area contributed by atoms with Crippen molar-refractivity contribution in [3.63, 3.8) is 0 Å². The summed E-state index contributed by atoms with van der Waals surface area (Å²) >= 11 is 0. The highest BCUT2D eigenvalue weighted by Crippen LogP contribution is 2.19. The number of rotatable bonds is 5. The molecule has 2 aromatic carbocycles. The molecule has 1 saturated heterocycles. The van der Waals surface area contributed by atoms with E-state index < -0.39 is 0 Å². The Labute approximate surface area is 125 Å². The zero-order valence-corrected chi connectivity index (χ0v) is 11.9. The lowest BCUT2D eigenvalue weighted by Crippen LogP contribution is -2.34. The van der Waals surface area contributed by atoms with Crippen LogP contribution >= 0.6 is 0 Å². The van der Waals surface area contributed by atoms with E-state index >= 15 is 0 Å². The quantitative estimate of drug-likeness (QED) is 0.789. The van der Waals surface area contributed by atoms with Crippen LogP contribution in [-0.2, 0) is 22.6 Å². The lowest BCUT2D eigenvalue weighted by Gasteiger charge is -2.27. The average molecular weight is 281 g/mol. The van der Waals surface area contributed by atoms with Crippen LogP contribution < -0.4 is 0 Å². The molecule has 3 nitrogen and oxygen atoms in total. The Balaban J connectivity index is 1.76. The van der Waals surface area contributed by atoms with Gasteiger partial charge in [0.05, 0.1) is 12.5 Å². The Morgan fingerprint density at radius 3 is 1.86 bits per heavy atom. The first-order chi connectivity index (χ1) is 10.3. The second-order valence-electron chi connectivity index (χ2n) is 5.42. The van der Waals surface area contributed by atoms with Crippen molar-refractivity contribution < 1.29 is 9.53 Å². The maximum atomic E-state index is 11.4. The van der Waals surface area contributed by atoms with Crippen LogP contribution in [0.3, 0.4) is 0 Å². The fourth-order valence-electron chi connectivity index (χ4n) is 2.68. The van der Waals surface area contributed by atoms with Gasteiger partial charge in [0.25, 0.3) is 0 Å². The smallest absolute Gasteiger partial charge is 0.307 e. The van der Waals surface area contributed by atoms with Crippen LogP contribution in [0.15, 0.2) is 60.7 Å². The molecule has 0 spiro atoms. The van der Waals surface area contributed by atoms with E-state index in [9.17, 15) is 4.79 Å². The molecule has 1 heterocycles. The van der Waals surface area contributed by atoms with Crippen LogP contribution in [0.25, 0.3) is 0 Å². The first kappa shape index (κ1) is 13.8. The number of benzene rings is 2. The lowest BCUT2D eigenvalue weighted by molar-refractivity contribution is -0.137. The Bertz CT molecular complexity index is 541. The van der Waals surface area contributed by atoms with Gasteiger partial charge < -0.3 is 4.74 Å². The minimum absolute atomic E-state index is 0.0916. The van der Waals surface area contributed by atoms with E-state index in [1.54, 1.807) is 0 Å². The van der Waals surface area contributed by atoms with Crippen molar-refractivity contribution in [3.8, 4) is 0 Å². The van der Waals surface area contributed by atoms with Crippen LogP contribution in [-0.4, -0.2) is 23.5 Å². The van der Waals surface area contributed by atoms with Crippen molar-refractivity contribution in [1.29, 1.82) is 0 Å². The summed E-state index contributed by atoms with van der Waals surface area (Å²) in [6, 6.07) is 20.9. The van der Waals surface area contributed by atoms with E-state index in [0.29, 0.717) is 13.0 Å². The molecule has 0 aromatic heterocycles. The largest absolute Gasteiger partial charge is 0.464 e. The molecule has 0 unspecified atom stereocenters. The predicted octanol–water partition coefficient (Wildman–Crippen LogP) is 3.00. The molecule has 0 radical (unpaired) electrons. The molecule has 1 aliphatic rings. The molecule has 3 heteroatoms. The molecular weight excluding hydrogens is 262 g/mol. The molecular formula is C18H19NO2. The summed E-state index contributed by atoms with van der Waals surface area (Å²) in [6.07, 6.45) is 0.486. The van der Waals surface area contributed by atoms with Gasteiger partial charge in [0.1, 0.15) is 6.61 Å². The summed E-state index contributed by atoms with van der Waals surface area (Å²) in [5.41, 5.74) is 2.51. The first-order valence-corrected chi connectivity index (χ1v) is 7.29. The van der Waals surface area contributed by atoms with Crippen LogP contribution in [0.2, 0.25) is 0 Å². The molecule has 1 aliphatic heterocycles. The predicted molar refractivity (Wildman–Crippen MR) is 81.5 cm³/mol. The fraction of sp³-hybridized carbons (Fsp3) is 0.278. The lowest BCUT2D eigenvalue weighted by atomic mass is 10.1. The number of hydrogen-bond donors (Lipinski definition) is 0. The van der Waals surface area contributed by atoms with Crippen LogP contribution in [0.4, 0.5) is 0 Å². The highest BCUT2D eigenvalue weighted by molar-refractivity contribution is 5.72. The highest BCUT2D eigenvalue weighted by Gasteiger charge is 2.29. The average Bonchev–Trinajstić information content (AvgIpc) is 2.95. The molecule has 108 valence electrons. The van der Waals surface area contributed by atoms with Crippen LogP contribution in [0.1, 0.15) is 17.5 Å². The van der Waals surface area contributed by atoms with Gasteiger partial charge >= 0.3 is 5.97 Å². The van der Waals surface area contributed by atoms with Crippen molar-refractivity contribution >= 4 is 5.97 Å².